The Hall–Kier alpha value is -4.46. The fourth-order valence-corrected chi connectivity index (χ4v) is 4.90. The summed E-state index contributed by atoms with van der Waals surface area (Å²) in [4.78, 5) is 22.5. The minimum Gasteiger partial charge on any atom is -0.497 e. The van der Waals surface area contributed by atoms with Gasteiger partial charge in [-0.15, -0.1) is 10.2 Å². The van der Waals surface area contributed by atoms with Crippen LogP contribution in [0.15, 0.2) is 72.8 Å². The lowest BCUT2D eigenvalue weighted by molar-refractivity contribution is 0.0767. The van der Waals surface area contributed by atoms with E-state index in [-0.39, 0.29) is 5.91 Å². The van der Waals surface area contributed by atoms with Gasteiger partial charge >= 0.3 is 0 Å². The first kappa shape index (κ1) is 23.0. The number of amides is 1. The van der Waals surface area contributed by atoms with Crippen LogP contribution >= 0.6 is 0 Å². The first-order chi connectivity index (χ1) is 18.1. The molecule has 3 aromatic carbocycles. The summed E-state index contributed by atoms with van der Waals surface area (Å²) in [5.74, 6) is 2.33. The second kappa shape index (κ2) is 9.54. The monoisotopic (exact) mass is 492 g/mol. The number of hydrogen-bond donors (Lipinski definition) is 0. The molecule has 0 bridgehead atoms. The predicted molar refractivity (Wildman–Crippen MR) is 144 cm³/mol. The summed E-state index contributed by atoms with van der Waals surface area (Å²) in [7, 11) is 1.62. The molecule has 0 atom stereocenters. The summed E-state index contributed by atoms with van der Waals surface area (Å²) < 4.78 is 7.30. The maximum Gasteiger partial charge on any atom is 0.253 e. The number of fused-ring (bicyclic) bond motifs is 3. The maximum absolute atomic E-state index is 13.2. The summed E-state index contributed by atoms with van der Waals surface area (Å²) >= 11 is 0. The molecule has 6 rings (SSSR count). The van der Waals surface area contributed by atoms with Crippen molar-refractivity contribution in [3.8, 4) is 17.1 Å². The summed E-state index contributed by atoms with van der Waals surface area (Å²) in [5, 5.41) is 10.1. The zero-order chi connectivity index (χ0) is 25.4. The fourth-order valence-electron chi connectivity index (χ4n) is 4.90. The second-order valence-electron chi connectivity index (χ2n) is 9.34. The third kappa shape index (κ3) is 4.24. The highest BCUT2D eigenvalue weighted by atomic mass is 16.5. The number of carbonyl (C=O) groups excluding carboxylic acids is 1. The molecular formula is C29H28N6O2. The lowest BCUT2D eigenvalue weighted by atomic mass is 10.1. The summed E-state index contributed by atoms with van der Waals surface area (Å²) in [6, 6.07) is 23.6. The van der Waals surface area contributed by atoms with E-state index in [1.807, 2.05) is 53.4 Å². The van der Waals surface area contributed by atoms with E-state index in [0.717, 1.165) is 52.6 Å². The van der Waals surface area contributed by atoms with Crippen molar-refractivity contribution < 1.29 is 9.53 Å². The van der Waals surface area contributed by atoms with Gasteiger partial charge in [0.1, 0.15) is 5.75 Å². The van der Waals surface area contributed by atoms with E-state index in [1.165, 1.54) is 5.56 Å². The molecule has 0 aliphatic carbocycles. The molecule has 186 valence electrons. The number of benzene rings is 3. The lowest BCUT2D eigenvalue weighted by Crippen LogP contribution is -2.36. The molecule has 0 radical (unpaired) electrons. The normalized spacial score (nSPS) is 14.2. The predicted octanol–water partition coefficient (Wildman–Crippen LogP) is 4.61. The van der Waals surface area contributed by atoms with Crippen LogP contribution in [0.5, 0.6) is 5.75 Å². The number of carbonyl (C=O) groups is 1. The number of aromatic nitrogens is 4. The number of aryl methyl sites for hydroxylation is 1. The van der Waals surface area contributed by atoms with Gasteiger partial charge < -0.3 is 14.5 Å². The first-order valence-corrected chi connectivity index (χ1v) is 12.5. The van der Waals surface area contributed by atoms with Crippen molar-refractivity contribution in [2.24, 2.45) is 0 Å². The van der Waals surface area contributed by atoms with Crippen LogP contribution in [0.4, 0.5) is 5.95 Å². The molecule has 3 heterocycles. The number of methoxy groups -OCH3 is 1. The smallest absolute Gasteiger partial charge is 0.253 e. The quantitative estimate of drug-likeness (QED) is 0.365. The number of hydrogen-bond acceptors (Lipinski definition) is 6. The molecule has 1 saturated heterocycles. The topological polar surface area (TPSA) is 75.9 Å². The average Bonchev–Trinajstić information content (AvgIpc) is 3.24. The number of nitrogens with zero attached hydrogens (tertiary/aromatic N) is 6. The molecule has 1 aliphatic rings. The van der Waals surface area contributed by atoms with E-state index in [1.54, 1.807) is 7.11 Å². The van der Waals surface area contributed by atoms with Crippen LogP contribution in [0, 0.1) is 6.92 Å². The maximum atomic E-state index is 13.2. The summed E-state index contributed by atoms with van der Waals surface area (Å²) in [5.41, 5.74) is 4.51. The Morgan fingerprint density at radius 1 is 0.865 bits per heavy atom. The van der Waals surface area contributed by atoms with Gasteiger partial charge in [0.05, 0.1) is 12.6 Å². The molecule has 8 heteroatoms. The van der Waals surface area contributed by atoms with Crippen LogP contribution in [0.1, 0.15) is 22.3 Å². The number of rotatable bonds is 4. The van der Waals surface area contributed by atoms with Gasteiger partial charge in [-0.2, -0.15) is 0 Å². The molecule has 5 aromatic rings. The Morgan fingerprint density at radius 2 is 1.65 bits per heavy atom. The molecule has 0 spiro atoms. The van der Waals surface area contributed by atoms with Gasteiger partial charge in [-0.1, -0.05) is 42.0 Å². The van der Waals surface area contributed by atoms with Gasteiger partial charge in [-0.3, -0.25) is 4.79 Å². The molecule has 1 amide bonds. The first-order valence-electron chi connectivity index (χ1n) is 12.5. The number of para-hydroxylation sites is 1. The van der Waals surface area contributed by atoms with Crippen molar-refractivity contribution in [3.63, 3.8) is 0 Å². The third-order valence-corrected chi connectivity index (χ3v) is 6.94. The Bertz CT molecular complexity index is 1580. The van der Waals surface area contributed by atoms with Crippen molar-refractivity contribution in [3.05, 3.63) is 83.9 Å². The largest absolute Gasteiger partial charge is 0.497 e. The molecule has 0 saturated carbocycles. The van der Waals surface area contributed by atoms with Crippen molar-refractivity contribution in [1.82, 2.24) is 24.5 Å². The van der Waals surface area contributed by atoms with Crippen LogP contribution in [0.2, 0.25) is 0 Å². The Morgan fingerprint density at radius 3 is 2.43 bits per heavy atom. The molecule has 2 aromatic heterocycles. The minimum absolute atomic E-state index is 0.0331. The van der Waals surface area contributed by atoms with Crippen LogP contribution in [-0.4, -0.2) is 63.7 Å². The molecule has 1 aliphatic heterocycles. The van der Waals surface area contributed by atoms with Crippen LogP contribution in [0.25, 0.3) is 27.9 Å². The average molecular weight is 493 g/mol. The highest BCUT2D eigenvalue weighted by molar-refractivity contribution is 5.95. The van der Waals surface area contributed by atoms with Crippen LogP contribution in [0.3, 0.4) is 0 Å². The molecule has 1 fully saturated rings. The van der Waals surface area contributed by atoms with E-state index < -0.39 is 0 Å². The Balaban J connectivity index is 1.37. The molecule has 0 unspecified atom stereocenters. The van der Waals surface area contributed by atoms with E-state index in [2.05, 4.69) is 50.7 Å². The van der Waals surface area contributed by atoms with Crippen molar-refractivity contribution in [2.45, 2.75) is 13.3 Å². The minimum atomic E-state index is 0.0331. The third-order valence-electron chi connectivity index (χ3n) is 6.94. The van der Waals surface area contributed by atoms with Gasteiger partial charge in [-0.05, 0) is 49.7 Å². The van der Waals surface area contributed by atoms with E-state index in [9.17, 15) is 4.79 Å². The van der Waals surface area contributed by atoms with E-state index in [4.69, 9.17) is 9.72 Å². The number of ether oxygens (including phenoxy) is 1. The van der Waals surface area contributed by atoms with Gasteiger partial charge in [0.15, 0.2) is 11.5 Å². The van der Waals surface area contributed by atoms with Crippen LogP contribution < -0.4 is 9.64 Å². The summed E-state index contributed by atoms with van der Waals surface area (Å²) in [6.07, 6.45) is 0.833. The van der Waals surface area contributed by atoms with E-state index in [0.29, 0.717) is 25.2 Å². The summed E-state index contributed by atoms with van der Waals surface area (Å²) in [6.45, 7) is 4.79. The fraction of sp³-hybridized carbons (Fsp3) is 0.241. The van der Waals surface area contributed by atoms with Crippen molar-refractivity contribution >= 4 is 28.4 Å². The zero-order valence-electron chi connectivity index (χ0n) is 21.0. The molecule has 8 nitrogen and oxygen atoms in total. The van der Waals surface area contributed by atoms with Crippen LogP contribution in [-0.2, 0) is 0 Å². The van der Waals surface area contributed by atoms with Crippen molar-refractivity contribution in [1.29, 1.82) is 0 Å². The van der Waals surface area contributed by atoms with Crippen molar-refractivity contribution in [2.75, 3.05) is 38.2 Å². The molecule has 37 heavy (non-hydrogen) atoms. The highest BCUT2D eigenvalue weighted by Crippen LogP contribution is 2.29. The van der Waals surface area contributed by atoms with E-state index >= 15 is 0 Å². The lowest BCUT2D eigenvalue weighted by Gasteiger charge is -2.24. The van der Waals surface area contributed by atoms with Gasteiger partial charge in [0.2, 0.25) is 5.95 Å². The van der Waals surface area contributed by atoms with Gasteiger partial charge in [0, 0.05) is 42.7 Å². The van der Waals surface area contributed by atoms with Gasteiger partial charge in [0.25, 0.3) is 5.91 Å². The Labute approximate surface area is 215 Å². The number of anilines is 1. The molecular weight excluding hydrogens is 464 g/mol. The zero-order valence-corrected chi connectivity index (χ0v) is 21.0. The standard InChI is InChI=1S/C29H28N6O2/c1-20-8-10-21(11-9-20)26-31-32-27-24-6-3-4-7-25(24)30-29(35(26)27)34-17-5-16-33(18-19-34)28(36)22-12-14-23(37-2)15-13-22/h3-4,6-15H,5,16-19H2,1-2H3. The second-order valence-corrected chi connectivity index (χ2v) is 9.34. The molecule has 0 N–H and O–H groups in total. The Kier molecular flexibility index (Phi) is 5.92. The SMILES string of the molecule is COc1ccc(C(=O)N2CCCN(c3nc4ccccc4c4nnc(-c5ccc(C)cc5)n34)CC2)cc1. The highest BCUT2D eigenvalue weighted by Gasteiger charge is 2.25. The van der Waals surface area contributed by atoms with Gasteiger partial charge in [-0.25, -0.2) is 9.38 Å².